The fraction of sp³-hybridized carbons (Fsp3) is 0. The highest BCUT2D eigenvalue weighted by molar-refractivity contribution is 6.33. The van der Waals surface area contributed by atoms with Crippen molar-refractivity contribution in [2.45, 2.75) is 0 Å². The van der Waals surface area contributed by atoms with Crippen LogP contribution < -0.4 is 5.32 Å². The van der Waals surface area contributed by atoms with E-state index in [0.717, 1.165) is 0 Å². The Bertz CT molecular complexity index is 759. The normalized spacial score (nSPS) is 10.6. The van der Waals surface area contributed by atoms with Crippen LogP contribution in [0.3, 0.4) is 0 Å². The van der Waals surface area contributed by atoms with E-state index in [1.54, 1.807) is 6.07 Å². The second-order valence-electron chi connectivity index (χ2n) is 4.38. The van der Waals surface area contributed by atoms with Gasteiger partial charge in [0.15, 0.2) is 0 Å². The maximum atomic E-state index is 13.0. The Morgan fingerprint density at radius 2 is 1.95 bits per heavy atom. The number of carbonyl (C=O) groups excluding carboxylic acids is 1. The van der Waals surface area contributed by atoms with Crippen molar-refractivity contribution in [2.75, 3.05) is 5.32 Å². The van der Waals surface area contributed by atoms with Crippen molar-refractivity contribution in [1.29, 1.82) is 0 Å². The number of aromatic carboxylic acids is 1. The molecule has 0 aliphatic rings. The number of benzene rings is 2. The predicted octanol–water partition coefficient (Wildman–Crippen LogP) is 3.83. The molecule has 0 saturated carbocycles. The molecule has 22 heavy (non-hydrogen) atoms. The third kappa shape index (κ3) is 4.17. The number of rotatable bonds is 4. The SMILES string of the molecule is O=C(/C=C/c1cccc(F)c1)Nc1ccc(Cl)c(C(=O)O)c1. The zero-order valence-electron chi connectivity index (χ0n) is 11.2. The third-order valence-electron chi connectivity index (χ3n) is 2.74. The van der Waals surface area contributed by atoms with Gasteiger partial charge in [-0.15, -0.1) is 0 Å². The van der Waals surface area contributed by atoms with E-state index in [-0.39, 0.29) is 10.6 Å². The number of hydrogen-bond acceptors (Lipinski definition) is 2. The quantitative estimate of drug-likeness (QED) is 0.842. The Morgan fingerprint density at radius 1 is 1.18 bits per heavy atom. The molecule has 112 valence electrons. The fourth-order valence-corrected chi connectivity index (χ4v) is 1.93. The number of amides is 1. The third-order valence-corrected chi connectivity index (χ3v) is 3.07. The molecule has 0 heterocycles. The lowest BCUT2D eigenvalue weighted by molar-refractivity contribution is -0.111. The molecule has 0 aliphatic heterocycles. The summed E-state index contributed by atoms with van der Waals surface area (Å²) in [5.41, 5.74) is 0.738. The van der Waals surface area contributed by atoms with E-state index in [1.165, 1.54) is 48.6 Å². The van der Waals surface area contributed by atoms with Gasteiger partial charge in [-0.25, -0.2) is 9.18 Å². The zero-order chi connectivity index (χ0) is 16.1. The molecule has 0 atom stereocenters. The molecule has 1 amide bonds. The molecule has 6 heteroatoms. The minimum absolute atomic E-state index is 0.0841. The minimum atomic E-state index is -1.18. The number of carboxylic acids is 1. The van der Waals surface area contributed by atoms with Crippen molar-refractivity contribution >= 4 is 35.2 Å². The van der Waals surface area contributed by atoms with Crippen LogP contribution in [0.15, 0.2) is 48.5 Å². The second-order valence-corrected chi connectivity index (χ2v) is 4.78. The average Bonchev–Trinajstić information content (AvgIpc) is 2.47. The standard InChI is InChI=1S/C16H11ClFNO3/c17-14-6-5-12(9-13(14)16(21)22)19-15(20)7-4-10-2-1-3-11(18)8-10/h1-9H,(H,19,20)(H,21,22)/b7-4+. The summed E-state index contributed by atoms with van der Waals surface area (Å²) < 4.78 is 13.0. The Balaban J connectivity index is 2.09. The Hall–Kier alpha value is -2.66. The zero-order valence-corrected chi connectivity index (χ0v) is 12.0. The molecule has 4 nitrogen and oxygen atoms in total. The first-order valence-corrected chi connectivity index (χ1v) is 6.61. The Labute approximate surface area is 130 Å². The van der Waals surface area contributed by atoms with Gasteiger partial charge in [0.25, 0.3) is 0 Å². The van der Waals surface area contributed by atoms with E-state index >= 15 is 0 Å². The second kappa shape index (κ2) is 6.87. The van der Waals surface area contributed by atoms with Crippen molar-refractivity contribution in [1.82, 2.24) is 0 Å². The molecule has 0 saturated heterocycles. The van der Waals surface area contributed by atoms with Crippen LogP contribution in [0.25, 0.3) is 6.08 Å². The van der Waals surface area contributed by atoms with Gasteiger partial charge in [0.05, 0.1) is 10.6 Å². The summed E-state index contributed by atoms with van der Waals surface area (Å²) in [4.78, 5) is 22.7. The van der Waals surface area contributed by atoms with Gasteiger partial charge < -0.3 is 10.4 Å². The van der Waals surface area contributed by atoms with Crippen LogP contribution >= 0.6 is 11.6 Å². The predicted molar refractivity (Wildman–Crippen MR) is 82.5 cm³/mol. The van der Waals surface area contributed by atoms with Gasteiger partial charge in [0.1, 0.15) is 5.82 Å². The molecule has 0 aromatic heterocycles. The summed E-state index contributed by atoms with van der Waals surface area (Å²) in [6.07, 6.45) is 2.68. The molecule has 2 aromatic carbocycles. The van der Waals surface area contributed by atoms with E-state index in [4.69, 9.17) is 16.7 Å². The van der Waals surface area contributed by atoms with E-state index in [9.17, 15) is 14.0 Å². The highest BCUT2D eigenvalue weighted by Crippen LogP contribution is 2.20. The van der Waals surface area contributed by atoms with Crippen LogP contribution in [-0.4, -0.2) is 17.0 Å². The molecule has 0 radical (unpaired) electrons. The number of halogens is 2. The maximum Gasteiger partial charge on any atom is 0.337 e. The average molecular weight is 320 g/mol. The van der Waals surface area contributed by atoms with Crippen molar-refractivity contribution in [2.24, 2.45) is 0 Å². The van der Waals surface area contributed by atoms with Gasteiger partial charge in [0, 0.05) is 11.8 Å². The van der Waals surface area contributed by atoms with Gasteiger partial charge in [-0.2, -0.15) is 0 Å². The lowest BCUT2D eigenvalue weighted by Crippen LogP contribution is -2.09. The smallest absolute Gasteiger partial charge is 0.337 e. The van der Waals surface area contributed by atoms with Crippen molar-refractivity contribution < 1.29 is 19.1 Å². The molecular weight excluding hydrogens is 309 g/mol. The van der Waals surface area contributed by atoms with Crippen LogP contribution in [0.5, 0.6) is 0 Å². The summed E-state index contributed by atoms with van der Waals surface area (Å²) >= 11 is 5.74. The van der Waals surface area contributed by atoms with E-state index in [2.05, 4.69) is 5.32 Å². The molecular formula is C16H11ClFNO3. The van der Waals surface area contributed by atoms with Gasteiger partial charge in [-0.1, -0.05) is 23.7 Å². The highest BCUT2D eigenvalue weighted by atomic mass is 35.5. The number of hydrogen-bond donors (Lipinski definition) is 2. The van der Waals surface area contributed by atoms with Crippen LogP contribution in [0.2, 0.25) is 5.02 Å². The van der Waals surface area contributed by atoms with Crippen LogP contribution in [-0.2, 0) is 4.79 Å². The fourth-order valence-electron chi connectivity index (χ4n) is 1.73. The van der Waals surface area contributed by atoms with E-state index in [0.29, 0.717) is 11.3 Å². The molecule has 0 fully saturated rings. The van der Waals surface area contributed by atoms with Crippen molar-refractivity contribution in [3.05, 3.63) is 70.5 Å². The molecule has 0 bridgehead atoms. The summed E-state index contributed by atoms with van der Waals surface area (Å²) in [6, 6.07) is 9.91. The van der Waals surface area contributed by atoms with Crippen molar-refractivity contribution in [3.63, 3.8) is 0 Å². The van der Waals surface area contributed by atoms with Crippen LogP contribution in [0.4, 0.5) is 10.1 Å². The molecule has 2 N–H and O–H groups in total. The number of carbonyl (C=O) groups is 2. The highest BCUT2D eigenvalue weighted by Gasteiger charge is 2.10. The summed E-state index contributed by atoms with van der Waals surface area (Å²) in [7, 11) is 0. The van der Waals surface area contributed by atoms with Crippen LogP contribution in [0.1, 0.15) is 15.9 Å². The van der Waals surface area contributed by atoms with Crippen LogP contribution in [0, 0.1) is 5.82 Å². The summed E-state index contributed by atoms with van der Waals surface area (Å²) in [6.45, 7) is 0. The van der Waals surface area contributed by atoms with Gasteiger partial charge in [-0.3, -0.25) is 4.79 Å². The lowest BCUT2D eigenvalue weighted by Gasteiger charge is -2.05. The van der Waals surface area contributed by atoms with E-state index in [1.807, 2.05) is 0 Å². The minimum Gasteiger partial charge on any atom is -0.478 e. The van der Waals surface area contributed by atoms with E-state index < -0.39 is 17.7 Å². The Kier molecular flexibility index (Phi) is 4.91. The number of carboxylic acid groups (broad SMARTS) is 1. The number of nitrogens with one attached hydrogen (secondary N) is 1. The molecule has 0 unspecified atom stereocenters. The van der Waals surface area contributed by atoms with Crippen molar-refractivity contribution in [3.8, 4) is 0 Å². The molecule has 0 aliphatic carbocycles. The first-order valence-electron chi connectivity index (χ1n) is 6.23. The maximum absolute atomic E-state index is 13.0. The summed E-state index contributed by atoms with van der Waals surface area (Å²) in [5, 5.41) is 11.5. The lowest BCUT2D eigenvalue weighted by atomic mass is 10.2. The monoisotopic (exact) mass is 319 g/mol. The topological polar surface area (TPSA) is 66.4 Å². The van der Waals surface area contributed by atoms with Gasteiger partial charge in [-0.05, 0) is 42.0 Å². The molecule has 0 spiro atoms. The molecule has 2 aromatic rings. The van der Waals surface area contributed by atoms with Gasteiger partial charge >= 0.3 is 5.97 Å². The first-order chi connectivity index (χ1) is 10.5. The number of anilines is 1. The summed E-state index contributed by atoms with van der Waals surface area (Å²) in [5.74, 6) is -2.05. The van der Waals surface area contributed by atoms with Gasteiger partial charge in [0.2, 0.25) is 5.91 Å². The Morgan fingerprint density at radius 3 is 2.64 bits per heavy atom. The largest absolute Gasteiger partial charge is 0.478 e. The molecule has 2 rings (SSSR count). The first kappa shape index (κ1) is 15.7.